The van der Waals surface area contributed by atoms with Gasteiger partial charge >= 0.3 is 0 Å². The summed E-state index contributed by atoms with van der Waals surface area (Å²) in [5.74, 6) is 0. The Morgan fingerprint density at radius 1 is 0.833 bits per heavy atom. The van der Waals surface area contributed by atoms with Crippen LogP contribution in [0.15, 0.2) is 12.2 Å². The Bertz CT molecular complexity index is 61.5. The molecular formula is C8H20O4. The number of allylic oxidation sites excluding steroid dienone is 1. The molecule has 4 nitrogen and oxygen atoms in total. The third-order valence-electron chi connectivity index (χ3n) is 0.200. The Balaban J connectivity index is -0.000000101. The second-order valence-electron chi connectivity index (χ2n) is 2.10. The van der Waals surface area contributed by atoms with Gasteiger partial charge in [0, 0.05) is 0 Å². The molecule has 0 saturated carbocycles. The van der Waals surface area contributed by atoms with E-state index in [9.17, 15) is 0 Å². The molecule has 12 heavy (non-hydrogen) atoms. The maximum absolute atomic E-state index is 7.62. The Morgan fingerprint density at radius 3 is 0.917 bits per heavy atom. The molecule has 4 heteroatoms. The van der Waals surface area contributed by atoms with Crippen LogP contribution >= 0.6 is 0 Å². The van der Waals surface area contributed by atoms with Gasteiger partial charge in [-0.25, -0.2) is 0 Å². The predicted octanol–water partition coefficient (Wildman–Crippen LogP) is -0.476. The van der Waals surface area contributed by atoms with Crippen LogP contribution in [0, 0.1) is 0 Å². The zero-order valence-corrected chi connectivity index (χ0v) is 7.82. The molecule has 4 N–H and O–H groups in total. The first-order valence-electron chi connectivity index (χ1n) is 3.62. The van der Waals surface area contributed by atoms with E-state index in [0.717, 1.165) is 0 Å². The van der Waals surface area contributed by atoms with Crippen LogP contribution in [0.4, 0.5) is 0 Å². The van der Waals surface area contributed by atoms with E-state index >= 15 is 0 Å². The van der Waals surface area contributed by atoms with E-state index in [2.05, 4.69) is 6.58 Å². The molecule has 0 atom stereocenters. The molecule has 0 aromatic rings. The summed E-state index contributed by atoms with van der Waals surface area (Å²) in [5.41, 5.74) is 1.17. The van der Waals surface area contributed by atoms with Gasteiger partial charge in [-0.15, -0.1) is 6.58 Å². The quantitative estimate of drug-likeness (QED) is 0.433. The first-order valence-corrected chi connectivity index (χ1v) is 3.62. The summed E-state index contributed by atoms with van der Waals surface area (Å²) < 4.78 is 0. The zero-order chi connectivity index (χ0) is 10.4. The number of rotatable bonds is 2. The highest BCUT2D eigenvalue weighted by Crippen LogP contribution is 1.73. The second kappa shape index (κ2) is 22.4. The van der Waals surface area contributed by atoms with Crippen molar-refractivity contribution >= 4 is 0 Å². The summed E-state index contributed by atoms with van der Waals surface area (Å²) in [6.45, 7) is 7.00. The molecule has 76 valence electrons. The first kappa shape index (κ1) is 17.6. The van der Waals surface area contributed by atoms with Crippen molar-refractivity contribution in [3.05, 3.63) is 12.2 Å². The van der Waals surface area contributed by atoms with Gasteiger partial charge in [0.1, 0.15) is 0 Å². The fraction of sp³-hybridized carbons (Fsp3) is 0.750. The largest absolute Gasteiger partial charge is 0.394 e. The van der Waals surface area contributed by atoms with Crippen molar-refractivity contribution in [2.75, 3.05) is 26.4 Å². The van der Waals surface area contributed by atoms with Crippen LogP contribution in [-0.2, 0) is 0 Å². The van der Waals surface area contributed by atoms with Gasteiger partial charge in [0.25, 0.3) is 0 Å². The zero-order valence-electron chi connectivity index (χ0n) is 7.82. The average Bonchev–Trinajstić information content (AvgIpc) is 2.03. The molecule has 0 spiro atoms. The molecule has 0 rings (SSSR count). The van der Waals surface area contributed by atoms with Crippen LogP contribution in [0.1, 0.15) is 13.8 Å². The first-order chi connectivity index (χ1) is 5.56. The predicted molar refractivity (Wildman–Crippen MR) is 48.8 cm³/mol. The highest BCUT2D eigenvalue weighted by molar-refractivity contribution is 4.78. The Labute approximate surface area is 73.8 Å². The Kier molecular flexibility index (Phi) is 32.9. The smallest absolute Gasteiger partial charge is 0.0662 e. The number of hydrogen-bond acceptors (Lipinski definition) is 4. The summed E-state index contributed by atoms with van der Waals surface area (Å²) in [6.07, 6.45) is 0. The van der Waals surface area contributed by atoms with Crippen molar-refractivity contribution in [2.24, 2.45) is 0 Å². The van der Waals surface area contributed by atoms with Crippen LogP contribution in [0.5, 0.6) is 0 Å². The fourth-order valence-corrected chi connectivity index (χ4v) is 0. The van der Waals surface area contributed by atoms with E-state index in [1.54, 1.807) is 0 Å². The molecule has 0 bridgehead atoms. The molecule has 0 unspecified atom stereocenters. The van der Waals surface area contributed by atoms with E-state index in [1.807, 2.05) is 13.8 Å². The van der Waals surface area contributed by atoms with E-state index in [1.165, 1.54) is 5.57 Å². The standard InChI is InChI=1S/C4H8.2C2H6O2/c1-4(2)3;2*3-1-2-4/h1H2,2-3H3;2*3-4H,1-2H2. The summed E-state index contributed by atoms with van der Waals surface area (Å²) in [5, 5.41) is 30.5. The molecule has 0 saturated heterocycles. The van der Waals surface area contributed by atoms with Crippen LogP contribution in [-0.4, -0.2) is 46.9 Å². The lowest BCUT2D eigenvalue weighted by atomic mass is 10.4. The second-order valence-corrected chi connectivity index (χ2v) is 2.10. The van der Waals surface area contributed by atoms with E-state index < -0.39 is 0 Å². The molecule has 0 amide bonds. The topological polar surface area (TPSA) is 80.9 Å². The van der Waals surface area contributed by atoms with Crippen molar-refractivity contribution in [3.63, 3.8) is 0 Å². The van der Waals surface area contributed by atoms with Crippen LogP contribution in [0.3, 0.4) is 0 Å². The van der Waals surface area contributed by atoms with Crippen molar-refractivity contribution in [3.8, 4) is 0 Å². The van der Waals surface area contributed by atoms with Crippen molar-refractivity contribution in [1.29, 1.82) is 0 Å². The molecular weight excluding hydrogens is 160 g/mol. The van der Waals surface area contributed by atoms with E-state index in [-0.39, 0.29) is 26.4 Å². The average molecular weight is 180 g/mol. The molecule has 0 aliphatic heterocycles. The van der Waals surface area contributed by atoms with E-state index in [0.29, 0.717) is 0 Å². The van der Waals surface area contributed by atoms with Gasteiger partial charge < -0.3 is 20.4 Å². The van der Waals surface area contributed by atoms with Crippen LogP contribution in [0.2, 0.25) is 0 Å². The SMILES string of the molecule is C=C(C)C.OCCO.OCCO. The maximum Gasteiger partial charge on any atom is 0.0662 e. The highest BCUT2D eigenvalue weighted by Gasteiger charge is 1.58. The number of aliphatic hydroxyl groups excluding tert-OH is 4. The summed E-state index contributed by atoms with van der Waals surface area (Å²) >= 11 is 0. The van der Waals surface area contributed by atoms with Crippen LogP contribution < -0.4 is 0 Å². The minimum Gasteiger partial charge on any atom is -0.394 e. The lowest BCUT2D eigenvalue weighted by Gasteiger charge is -1.70. The Hall–Kier alpha value is -0.420. The minimum atomic E-state index is -0.125. The summed E-state index contributed by atoms with van der Waals surface area (Å²) in [4.78, 5) is 0. The molecule has 0 aliphatic carbocycles. The maximum atomic E-state index is 7.62. The number of aliphatic hydroxyl groups is 4. The molecule has 0 heterocycles. The number of hydrogen-bond donors (Lipinski definition) is 4. The van der Waals surface area contributed by atoms with Crippen molar-refractivity contribution < 1.29 is 20.4 Å². The van der Waals surface area contributed by atoms with E-state index in [4.69, 9.17) is 20.4 Å². The monoisotopic (exact) mass is 180 g/mol. The van der Waals surface area contributed by atoms with Gasteiger partial charge in [-0.3, -0.25) is 0 Å². The third kappa shape index (κ3) is 283. The van der Waals surface area contributed by atoms with Crippen molar-refractivity contribution in [2.45, 2.75) is 13.8 Å². The normalized spacial score (nSPS) is 7.17. The summed E-state index contributed by atoms with van der Waals surface area (Å²) in [6, 6.07) is 0. The molecule has 0 radical (unpaired) electrons. The molecule has 0 fully saturated rings. The van der Waals surface area contributed by atoms with Gasteiger partial charge in [-0.2, -0.15) is 0 Å². The molecule has 0 aromatic carbocycles. The van der Waals surface area contributed by atoms with Gasteiger partial charge in [0.15, 0.2) is 0 Å². The molecule has 0 aromatic heterocycles. The summed E-state index contributed by atoms with van der Waals surface area (Å²) in [7, 11) is 0. The lowest BCUT2D eigenvalue weighted by molar-refractivity contribution is 0.186. The fourth-order valence-electron chi connectivity index (χ4n) is 0. The van der Waals surface area contributed by atoms with Gasteiger partial charge in [0.05, 0.1) is 26.4 Å². The minimum absolute atomic E-state index is 0.125. The lowest BCUT2D eigenvalue weighted by Crippen LogP contribution is -1.85. The van der Waals surface area contributed by atoms with Gasteiger partial charge in [-0.1, -0.05) is 5.57 Å². The van der Waals surface area contributed by atoms with Gasteiger partial charge in [0.2, 0.25) is 0 Å². The third-order valence-corrected chi connectivity index (χ3v) is 0.200. The molecule has 0 aliphatic rings. The van der Waals surface area contributed by atoms with Crippen molar-refractivity contribution in [1.82, 2.24) is 0 Å². The highest BCUT2D eigenvalue weighted by atomic mass is 16.3. The van der Waals surface area contributed by atoms with Crippen LogP contribution in [0.25, 0.3) is 0 Å². The Morgan fingerprint density at radius 2 is 0.917 bits per heavy atom. The van der Waals surface area contributed by atoms with Gasteiger partial charge in [-0.05, 0) is 13.8 Å².